The third-order valence-corrected chi connectivity index (χ3v) is 4.63. The maximum Gasteiger partial charge on any atom is 0.265 e. The van der Waals surface area contributed by atoms with Crippen molar-refractivity contribution < 1.29 is 14.3 Å². The third kappa shape index (κ3) is 3.09. The summed E-state index contributed by atoms with van der Waals surface area (Å²) in [5.41, 5.74) is 2.38. The van der Waals surface area contributed by atoms with Crippen LogP contribution in [0.2, 0.25) is 0 Å². The van der Waals surface area contributed by atoms with Gasteiger partial charge in [0.2, 0.25) is 6.10 Å². The van der Waals surface area contributed by atoms with E-state index in [0.29, 0.717) is 17.4 Å². The molecule has 2 aliphatic rings. The Hall–Kier alpha value is -2.49. The number of nitrogens with one attached hydrogen (secondary N) is 1. The van der Waals surface area contributed by atoms with Crippen molar-refractivity contribution in [3.05, 3.63) is 59.7 Å². The predicted octanol–water partition coefficient (Wildman–Crippen LogP) is 3.40. The van der Waals surface area contributed by atoms with Crippen molar-refractivity contribution in [3.63, 3.8) is 0 Å². The van der Waals surface area contributed by atoms with Gasteiger partial charge in [0.1, 0.15) is 6.61 Å². The van der Waals surface area contributed by atoms with Crippen molar-refractivity contribution in [2.24, 2.45) is 5.92 Å². The Morgan fingerprint density at radius 1 is 1.08 bits per heavy atom. The van der Waals surface area contributed by atoms with E-state index in [9.17, 15) is 4.79 Å². The van der Waals surface area contributed by atoms with Crippen molar-refractivity contribution in [2.75, 3.05) is 6.61 Å². The number of fused-ring (bicyclic) bond motifs is 1. The fourth-order valence-electron chi connectivity index (χ4n) is 3.07. The van der Waals surface area contributed by atoms with Crippen molar-refractivity contribution in [1.82, 2.24) is 5.32 Å². The molecule has 1 fully saturated rings. The molecule has 24 heavy (non-hydrogen) atoms. The lowest BCUT2D eigenvalue weighted by Crippen LogP contribution is -2.45. The Bertz CT molecular complexity index is 737. The first kappa shape index (κ1) is 15.1. The van der Waals surface area contributed by atoms with Gasteiger partial charge in [-0.3, -0.25) is 4.79 Å². The molecule has 2 unspecified atom stereocenters. The number of aryl methyl sites for hydroxylation is 1. The smallest absolute Gasteiger partial charge is 0.265 e. The van der Waals surface area contributed by atoms with Crippen molar-refractivity contribution in [1.29, 1.82) is 0 Å². The first-order valence-electron chi connectivity index (χ1n) is 8.46. The highest BCUT2D eigenvalue weighted by molar-refractivity contribution is 5.82. The number of hydrogen-bond donors (Lipinski definition) is 1. The molecule has 4 nitrogen and oxygen atoms in total. The Morgan fingerprint density at radius 3 is 2.50 bits per heavy atom. The summed E-state index contributed by atoms with van der Waals surface area (Å²) in [7, 11) is 0. The highest BCUT2D eigenvalue weighted by Gasteiger charge is 2.36. The van der Waals surface area contributed by atoms with E-state index in [1.807, 2.05) is 24.3 Å². The van der Waals surface area contributed by atoms with Crippen LogP contribution in [0.4, 0.5) is 0 Å². The van der Waals surface area contributed by atoms with Gasteiger partial charge in [-0.25, -0.2) is 0 Å². The normalized spacial score (nSPS) is 20.3. The molecule has 0 radical (unpaired) electrons. The molecule has 2 atom stereocenters. The SMILES string of the molecule is Cc1ccc(C(NC(=O)C2COc3ccccc3O2)C2CC2)cc1. The average Bonchev–Trinajstić information content (AvgIpc) is 3.45. The van der Waals surface area contributed by atoms with Crippen LogP contribution in [-0.4, -0.2) is 18.6 Å². The van der Waals surface area contributed by atoms with E-state index >= 15 is 0 Å². The van der Waals surface area contributed by atoms with E-state index in [-0.39, 0.29) is 18.6 Å². The number of carbonyl (C=O) groups is 1. The van der Waals surface area contributed by atoms with Gasteiger partial charge in [0.15, 0.2) is 11.5 Å². The minimum Gasteiger partial charge on any atom is -0.485 e. The molecule has 4 rings (SSSR count). The van der Waals surface area contributed by atoms with Gasteiger partial charge >= 0.3 is 0 Å². The van der Waals surface area contributed by atoms with Gasteiger partial charge in [0.05, 0.1) is 6.04 Å². The molecule has 1 N–H and O–H groups in total. The first-order chi connectivity index (χ1) is 11.7. The van der Waals surface area contributed by atoms with Gasteiger partial charge in [0.25, 0.3) is 5.91 Å². The fourth-order valence-corrected chi connectivity index (χ4v) is 3.07. The molecule has 1 amide bonds. The van der Waals surface area contributed by atoms with Crippen LogP contribution in [0, 0.1) is 12.8 Å². The number of carbonyl (C=O) groups excluding carboxylic acids is 1. The van der Waals surface area contributed by atoms with Crippen LogP contribution < -0.4 is 14.8 Å². The zero-order chi connectivity index (χ0) is 16.5. The van der Waals surface area contributed by atoms with Gasteiger partial charge in [-0.15, -0.1) is 0 Å². The van der Waals surface area contributed by atoms with Gasteiger partial charge in [-0.1, -0.05) is 42.0 Å². The summed E-state index contributed by atoms with van der Waals surface area (Å²) in [4.78, 5) is 12.7. The zero-order valence-corrected chi connectivity index (χ0v) is 13.7. The van der Waals surface area contributed by atoms with Crippen LogP contribution in [0.3, 0.4) is 0 Å². The van der Waals surface area contributed by atoms with Crippen LogP contribution in [0.25, 0.3) is 0 Å². The van der Waals surface area contributed by atoms with Crippen LogP contribution in [0.15, 0.2) is 48.5 Å². The topological polar surface area (TPSA) is 47.6 Å². The van der Waals surface area contributed by atoms with Gasteiger partial charge in [-0.05, 0) is 43.4 Å². The standard InChI is InChI=1S/C20H21NO3/c1-13-6-8-14(9-7-13)19(15-10-11-15)21-20(22)18-12-23-16-4-2-3-5-17(16)24-18/h2-9,15,18-19H,10-12H2,1H3,(H,21,22). The second-order valence-electron chi connectivity index (χ2n) is 6.60. The number of ether oxygens (including phenoxy) is 2. The largest absolute Gasteiger partial charge is 0.485 e. The number of amides is 1. The zero-order valence-electron chi connectivity index (χ0n) is 13.7. The molecular weight excluding hydrogens is 302 g/mol. The molecule has 2 aromatic carbocycles. The Labute approximate surface area is 141 Å². The Morgan fingerprint density at radius 2 is 1.79 bits per heavy atom. The summed E-state index contributed by atoms with van der Waals surface area (Å²) in [6.45, 7) is 2.31. The quantitative estimate of drug-likeness (QED) is 0.938. The highest BCUT2D eigenvalue weighted by Crippen LogP contribution is 2.41. The Kier molecular flexibility index (Phi) is 3.89. The van der Waals surface area contributed by atoms with E-state index in [1.165, 1.54) is 5.56 Å². The maximum atomic E-state index is 12.7. The predicted molar refractivity (Wildman–Crippen MR) is 91.1 cm³/mol. The van der Waals surface area contributed by atoms with Crippen LogP contribution >= 0.6 is 0 Å². The van der Waals surface area contributed by atoms with Crippen molar-refractivity contribution in [3.8, 4) is 11.5 Å². The average molecular weight is 323 g/mol. The summed E-state index contributed by atoms with van der Waals surface area (Å²) in [6, 6.07) is 15.9. The minimum absolute atomic E-state index is 0.0545. The number of para-hydroxylation sites is 2. The monoisotopic (exact) mass is 323 g/mol. The second-order valence-corrected chi connectivity index (χ2v) is 6.60. The second kappa shape index (κ2) is 6.19. The van der Waals surface area contributed by atoms with Crippen molar-refractivity contribution in [2.45, 2.75) is 31.9 Å². The molecule has 2 aromatic rings. The third-order valence-electron chi connectivity index (χ3n) is 4.63. The minimum atomic E-state index is -0.605. The van der Waals surface area contributed by atoms with Gasteiger partial charge < -0.3 is 14.8 Å². The summed E-state index contributed by atoms with van der Waals surface area (Å²) in [5.74, 6) is 1.73. The lowest BCUT2D eigenvalue weighted by Gasteiger charge is -2.27. The molecule has 124 valence electrons. The number of benzene rings is 2. The van der Waals surface area contributed by atoms with E-state index in [4.69, 9.17) is 9.47 Å². The lowest BCUT2D eigenvalue weighted by molar-refractivity contribution is -0.131. The Balaban J connectivity index is 1.47. The van der Waals surface area contributed by atoms with E-state index in [1.54, 1.807) is 0 Å². The molecule has 0 bridgehead atoms. The molecule has 1 aliphatic heterocycles. The summed E-state index contributed by atoms with van der Waals surface area (Å²) in [5, 5.41) is 3.17. The van der Waals surface area contributed by atoms with Gasteiger partial charge in [0, 0.05) is 0 Å². The maximum absolute atomic E-state index is 12.7. The molecule has 0 saturated heterocycles. The van der Waals surface area contributed by atoms with Gasteiger partial charge in [-0.2, -0.15) is 0 Å². The molecular formula is C20H21NO3. The van der Waals surface area contributed by atoms with E-state index < -0.39 is 6.10 Å². The summed E-state index contributed by atoms with van der Waals surface area (Å²) >= 11 is 0. The molecule has 0 aromatic heterocycles. The molecule has 0 spiro atoms. The molecule has 4 heteroatoms. The lowest BCUT2D eigenvalue weighted by atomic mass is 10.0. The van der Waals surface area contributed by atoms with Crippen molar-refractivity contribution >= 4 is 5.91 Å². The summed E-state index contributed by atoms with van der Waals surface area (Å²) < 4.78 is 11.5. The number of hydrogen-bond acceptors (Lipinski definition) is 3. The first-order valence-corrected chi connectivity index (χ1v) is 8.46. The molecule has 1 aliphatic carbocycles. The van der Waals surface area contributed by atoms with Crippen LogP contribution in [0.5, 0.6) is 11.5 Å². The van der Waals surface area contributed by atoms with Crippen LogP contribution in [-0.2, 0) is 4.79 Å². The highest BCUT2D eigenvalue weighted by atomic mass is 16.6. The molecule has 1 saturated carbocycles. The van der Waals surface area contributed by atoms with E-state index in [2.05, 4.69) is 36.5 Å². The molecule has 1 heterocycles. The fraction of sp³-hybridized carbons (Fsp3) is 0.350. The number of rotatable bonds is 4. The summed E-state index contributed by atoms with van der Waals surface area (Å²) in [6.07, 6.45) is 1.71. The van der Waals surface area contributed by atoms with E-state index in [0.717, 1.165) is 18.4 Å². The van der Waals surface area contributed by atoms with Crippen LogP contribution in [0.1, 0.15) is 30.0 Å².